The highest BCUT2D eigenvalue weighted by atomic mass is 35.5. The van der Waals surface area contributed by atoms with Crippen LogP contribution in [-0.2, 0) is 11.3 Å². The molecule has 2 aromatic rings. The van der Waals surface area contributed by atoms with Crippen molar-refractivity contribution in [1.82, 2.24) is 15.3 Å². The van der Waals surface area contributed by atoms with Crippen LogP contribution < -0.4 is 5.32 Å². The Morgan fingerprint density at radius 3 is 2.62 bits per heavy atom. The van der Waals surface area contributed by atoms with Gasteiger partial charge in [0.05, 0.1) is 0 Å². The molecule has 1 amide bonds. The van der Waals surface area contributed by atoms with E-state index >= 15 is 0 Å². The van der Waals surface area contributed by atoms with Gasteiger partial charge in [0, 0.05) is 18.3 Å². The summed E-state index contributed by atoms with van der Waals surface area (Å²) in [6.07, 6.45) is -2.22. The van der Waals surface area contributed by atoms with Crippen LogP contribution >= 0.6 is 23.2 Å². The number of nitrogens with one attached hydrogen (secondary N) is 1. The third-order valence-corrected chi connectivity index (χ3v) is 3.58. The van der Waals surface area contributed by atoms with Gasteiger partial charge in [-0.3, -0.25) is 0 Å². The highest BCUT2D eigenvalue weighted by molar-refractivity contribution is 6.32. The fraction of sp³-hybridized carbons (Fsp3) is 0.267. The Balaban J connectivity index is 1.81. The maximum absolute atomic E-state index is 11.6. The molecule has 24 heavy (non-hydrogen) atoms. The van der Waals surface area contributed by atoms with Gasteiger partial charge < -0.3 is 20.3 Å². The molecule has 0 saturated carbocycles. The van der Waals surface area contributed by atoms with Crippen molar-refractivity contribution in [3.63, 3.8) is 0 Å². The lowest BCUT2D eigenvalue weighted by molar-refractivity contribution is 0.0181. The normalized spacial score (nSPS) is 13.2. The number of hydrogen-bond acceptors (Lipinski definition) is 6. The maximum atomic E-state index is 11.6. The quantitative estimate of drug-likeness (QED) is 0.530. The monoisotopic (exact) mass is 371 g/mol. The van der Waals surface area contributed by atoms with E-state index in [1.54, 1.807) is 0 Å². The van der Waals surface area contributed by atoms with Crippen molar-refractivity contribution >= 4 is 29.3 Å². The summed E-state index contributed by atoms with van der Waals surface area (Å²) in [6.45, 7) is -0.143. The Labute approximate surface area is 148 Å². The number of benzene rings is 1. The number of hydrogen-bond donors (Lipinski definition) is 3. The molecule has 0 aliphatic rings. The highest BCUT2D eigenvalue weighted by Crippen LogP contribution is 2.23. The number of rotatable bonds is 6. The third kappa shape index (κ3) is 5.31. The fourth-order valence-electron chi connectivity index (χ4n) is 1.83. The second kappa shape index (κ2) is 8.79. The van der Waals surface area contributed by atoms with Gasteiger partial charge in [0.25, 0.3) is 0 Å². The molecule has 3 N–H and O–H groups in total. The lowest BCUT2D eigenvalue weighted by Crippen LogP contribution is -2.36. The van der Waals surface area contributed by atoms with E-state index in [0.717, 1.165) is 5.56 Å². The first-order chi connectivity index (χ1) is 11.5. The molecule has 9 heteroatoms. The average molecular weight is 372 g/mol. The minimum absolute atomic E-state index is 0.0757. The van der Waals surface area contributed by atoms with Crippen LogP contribution in [0, 0.1) is 0 Å². The first kappa shape index (κ1) is 18.4. The molecule has 2 atom stereocenters. The number of halogens is 2. The number of ether oxygens (including phenoxy) is 1. The zero-order chi connectivity index (χ0) is 17.5. The zero-order valence-electron chi connectivity index (χ0n) is 12.4. The first-order valence-corrected chi connectivity index (χ1v) is 7.71. The van der Waals surface area contributed by atoms with E-state index in [4.69, 9.17) is 27.9 Å². The van der Waals surface area contributed by atoms with Gasteiger partial charge in [-0.25, -0.2) is 14.8 Å². The maximum Gasteiger partial charge on any atom is 0.407 e. The van der Waals surface area contributed by atoms with E-state index in [1.165, 1.54) is 6.20 Å². The third-order valence-electron chi connectivity index (χ3n) is 3.09. The summed E-state index contributed by atoms with van der Waals surface area (Å²) >= 11 is 11.4. The molecule has 0 radical (unpaired) electrons. The number of amides is 1. The van der Waals surface area contributed by atoms with E-state index in [0.29, 0.717) is 0 Å². The number of carbonyl (C=O) groups is 1. The summed E-state index contributed by atoms with van der Waals surface area (Å²) in [5.74, 6) is 0. The largest absolute Gasteiger partial charge is 0.445 e. The molecule has 0 aliphatic carbocycles. The Morgan fingerprint density at radius 2 is 1.96 bits per heavy atom. The fourth-order valence-corrected chi connectivity index (χ4v) is 2.25. The lowest BCUT2D eigenvalue weighted by atomic mass is 10.1. The molecular formula is C15H15Cl2N3O4. The second-order valence-electron chi connectivity index (χ2n) is 4.84. The van der Waals surface area contributed by atoms with Gasteiger partial charge in [-0.1, -0.05) is 41.9 Å². The number of alkyl carbamates (subject to hydrolysis) is 1. The average Bonchev–Trinajstić information content (AvgIpc) is 2.58. The van der Waals surface area contributed by atoms with Crippen LogP contribution in [0.2, 0.25) is 10.4 Å². The van der Waals surface area contributed by atoms with Crippen LogP contribution in [0.1, 0.15) is 17.2 Å². The van der Waals surface area contributed by atoms with Crippen LogP contribution in [-0.4, -0.2) is 38.9 Å². The predicted molar refractivity (Wildman–Crippen MR) is 87.6 cm³/mol. The standard InChI is InChI=1S/C15H15Cl2N3O4/c16-13-10(6-18-14(17)20-13)12(22)11(21)7-19-15(23)24-8-9-4-2-1-3-5-9/h1-6,11-12,21-22H,7-8H2,(H,19,23). The summed E-state index contributed by atoms with van der Waals surface area (Å²) in [4.78, 5) is 19.0. The van der Waals surface area contributed by atoms with E-state index in [1.807, 2.05) is 30.3 Å². The summed E-state index contributed by atoms with van der Waals surface area (Å²) in [7, 11) is 0. The van der Waals surface area contributed by atoms with Crippen LogP contribution in [0.15, 0.2) is 36.5 Å². The summed E-state index contributed by atoms with van der Waals surface area (Å²) < 4.78 is 4.99. The molecule has 1 heterocycles. The summed E-state index contributed by atoms with van der Waals surface area (Å²) in [5, 5.41) is 22.2. The van der Waals surface area contributed by atoms with Crippen molar-refractivity contribution in [2.45, 2.75) is 18.8 Å². The summed E-state index contributed by atoms with van der Waals surface area (Å²) in [6, 6.07) is 9.14. The summed E-state index contributed by atoms with van der Waals surface area (Å²) in [5.41, 5.74) is 0.936. The van der Waals surface area contributed by atoms with E-state index in [2.05, 4.69) is 15.3 Å². The molecule has 0 aliphatic heterocycles. The SMILES string of the molecule is O=C(NCC(O)C(O)c1cnc(Cl)nc1Cl)OCc1ccccc1. The first-order valence-electron chi connectivity index (χ1n) is 6.96. The van der Waals surface area contributed by atoms with Crippen LogP contribution in [0.4, 0.5) is 4.79 Å². The van der Waals surface area contributed by atoms with E-state index in [-0.39, 0.29) is 29.2 Å². The predicted octanol–water partition coefficient (Wildman–Crippen LogP) is 2.10. The number of aliphatic hydroxyl groups is 2. The smallest absolute Gasteiger partial charge is 0.407 e. The van der Waals surface area contributed by atoms with Gasteiger partial charge in [0.2, 0.25) is 5.28 Å². The highest BCUT2D eigenvalue weighted by Gasteiger charge is 2.23. The molecule has 0 saturated heterocycles. The van der Waals surface area contributed by atoms with Crippen molar-refractivity contribution in [3.8, 4) is 0 Å². The lowest BCUT2D eigenvalue weighted by Gasteiger charge is -2.18. The topological polar surface area (TPSA) is 105 Å². The Kier molecular flexibility index (Phi) is 6.74. The van der Waals surface area contributed by atoms with Gasteiger partial charge in [-0.2, -0.15) is 0 Å². The molecule has 7 nitrogen and oxygen atoms in total. The van der Waals surface area contributed by atoms with Crippen molar-refractivity contribution in [2.75, 3.05) is 6.54 Å². The van der Waals surface area contributed by atoms with Gasteiger partial charge in [-0.05, 0) is 17.2 Å². The van der Waals surface area contributed by atoms with Crippen molar-refractivity contribution in [1.29, 1.82) is 0 Å². The molecule has 1 aromatic heterocycles. The van der Waals surface area contributed by atoms with Gasteiger partial charge >= 0.3 is 6.09 Å². The Bertz CT molecular complexity index is 688. The molecule has 0 bridgehead atoms. The molecular weight excluding hydrogens is 357 g/mol. The molecule has 2 rings (SSSR count). The van der Waals surface area contributed by atoms with Crippen LogP contribution in [0.3, 0.4) is 0 Å². The Morgan fingerprint density at radius 1 is 1.25 bits per heavy atom. The van der Waals surface area contributed by atoms with Crippen LogP contribution in [0.5, 0.6) is 0 Å². The molecule has 128 valence electrons. The van der Waals surface area contributed by atoms with Crippen molar-refractivity contribution in [3.05, 3.63) is 58.1 Å². The number of nitrogens with zero attached hydrogens (tertiary/aromatic N) is 2. The minimum Gasteiger partial charge on any atom is -0.445 e. The zero-order valence-corrected chi connectivity index (χ0v) is 13.9. The van der Waals surface area contributed by atoms with Gasteiger partial charge in [-0.15, -0.1) is 0 Å². The van der Waals surface area contributed by atoms with Crippen molar-refractivity contribution in [2.24, 2.45) is 0 Å². The molecule has 0 spiro atoms. The molecule has 2 unspecified atom stereocenters. The van der Waals surface area contributed by atoms with Crippen LogP contribution in [0.25, 0.3) is 0 Å². The Hall–Kier alpha value is -1.93. The number of carbonyl (C=O) groups excluding carboxylic acids is 1. The van der Waals surface area contributed by atoms with Gasteiger partial charge in [0.1, 0.15) is 24.0 Å². The van der Waals surface area contributed by atoms with Gasteiger partial charge in [0.15, 0.2) is 0 Å². The number of aliphatic hydroxyl groups excluding tert-OH is 2. The minimum atomic E-state index is -1.39. The van der Waals surface area contributed by atoms with E-state index in [9.17, 15) is 15.0 Å². The second-order valence-corrected chi connectivity index (χ2v) is 5.54. The van der Waals surface area contributed by atoms with E-state index < -0.39 is 18.3 Å². The molecule has 1 aromatic carbocycles. The number of aromatic nitrogens is 2. The molecule has 0 fully saturated rings. The van der Waals surface area contributed by atoms with Crippen molar-refractivity contribution < 1.29 is 19.7 Å².